The van der Waals surface area contributed by atoms with Gasteiger partial charge in [-0.2, -0.15) is 0 Å². The minimum absolute atomic E-state index is 0.227. The summed E-state index contributed by atoms with van der Waals surface area (Å²) in [4.78, 5) is 22.4. The molecule has 0 aromatic heterocycles. The normalized spacial score (nSPS) is 24.9. The Hall–Kier alpha value is -1.49. The Morgan fingerprint density at radius 1 is 1.38 bits per heavy atom. The van der Waals surface area contributed by atoms with Crippen LogP contribution in [0.15, 0.2) is 30.3 Å². The number of carboxylic acid groups (broad SMARTS) is 1. The highest BCUT2D eigenvalue weighted by atomic mass is 32.2. The summed E-state index contributed by atoms with van der Waals surface area (Å²) in [7, 11) is 0. The molecule has 0 bridgehead atoms. The molecule has 2 unspecified atom stereocenters. The SMILES string of the molecule is O=C(O)C1CSC(c2ccccc2)C(=O)N1. The molecule has 1 aromatic carbocycles. The van der Waals surface area contributed by atoms with Gasteiger partial charge in [-0.25, -0.2) is 4.79 Å². The maximum Gasteiger partial charge on any atom is 0.327 e. The number of hydrogen-bond donors (Lipinski definition) is 2. The number of thioether (sulfide) groups is 1. The molecule has 5 heteroatoms. The van der Waals surface area contributed by atoms with Gasteiger partial charge in [0, 0.05) is 5.75 Å². The number of carbonyl (C=O) groups is 2. The van der Waals surface area contributed by atoms with E-state index in [0.29, 0.717) is 5.75 Å². The lowest BCUT2D eigenvalue weighted by atomic mass is 10.1. The Labute approximate surface area is 97.0 Å². The van der Waals surface area contributed by atoms with Gasteiger partial charge in [0.1, 0.15) is 11.3 Å². The second-order valence-corrected chi connectivity index (χ2v) is 4.66. The second kappa shape index (κ2) is 4.57. The van der Waals surface area contributed by atoms with E-state index in [9.17, 15) is 9.59 Å². The molecule has 0 saturated carbocycles. The lowest BCUT2D eigenvalue weighted by Crippen LogP contribution is -2.47. The van der Waals surface area contributed by atoms with Gasteiger partial charge in [-0.3, -0.25) is 4.79 Å². The van der Waals surface area contributed by atoms with Crippen LogP contribution in [0.25, 0.3) is 0 Å². The minimum atomic E-state index is -0.979. The van der Waals surface area contributed by atoms with Crippen LogP contribution < -0.4 is 5.32 Å². The van der Waals surface area contributed by atoms with E-state index >= 15 is 0 Å². The van der Waals surface area contributed by atoms with E-state index in [1.54, 1.807) is 0 Å². The molecule has 4 nitrogen and oxygen atoms in total. The molecule has 84 valence electrons. The summed E-state index contributed by atoms with van der Waals surface area (Å²) in [5, 5.41) is 11.0. The van der Waals surface area contributed by atoms with Gasteiger partial charge in [0.25, 0.3) is 0 Å². The van der Waals surface area contributed by atoms with Gasteiger partial charge in [-0.15, -0.1) is 11.8 Å². The van der Waals surface area contributed by atoms with Gasteiger partial charge in [-0.1, -0.05) is 30.3 Å². The molecule has 2 atom stereocenters. The zero-order valence-electron chi connectivity index (χ0n) is 8.42. The fourth-order valence-corrected chi connectivity index (χ4v) is 2.75. The van der Waals surface area contributed by atoms with E-state index in [1.807, 2.05) is 30.3 Å². The average Bonchev–Trinajstić information content (AvgIpc) is 2.30. The molecule has 16 heavy (non-hydrogen) atoms. The zero-order valence-corrected chi connectivity index (χ0v) is 9.24. The Morgan fingerprint density at radius 2 is 2.06 bits per heavy atom. The Morgan fingerprint density at radius 3 is 2.62 bits per heavy atom. The monoisotopic (exact) mass is 237 g/mol. The molecule has 1 aliphatic rings. The van der Waals surface area contributed by atoms with Crippen LogP contribution in [0, 0.1) is 0 Å². The Bertz CT molecular complexity index is 407. The van der Waals surface area contributed by atoms with Gasteiger partial charge in [0.2, 0.25) is 5.91 Å². The molecular weight excluding hydrogens is 226 g/mol. The highest BCUT2D eigenvalue weighted by Crippen LogP contribution is 2.32. The number of aliphatic carboxylic acids is 1. The zero-order chi connectivity index (χ0) is 11.5. The summed E-state index contributed by atoms with van der Waals surface area (Å²) >= 11 is 1.37. The summed E-state index contributed by atoms with van der Waals surface area (Å²) in [5.74, 6) is -0.803. The third kappa shape index (κ3) is 2.19. The molecule has 1 fully saturated rings. The van der Waals surface area contributed by atoms with Crippen molar-refractivity contribution in [1.29, 1.82) is 0 Å². The number of hydrogen-bond acceptors (Lipinski definition) is 3. The molecule has 0 aliphatic carbocycles. The molecule has 1 heterocycles. The lowest BCUT2D eigenvalue weighted by molar-refractivity contribution is -0.141. The molecular formula is C11H11NO3S. The van der Waals surface area contributed by atoms with Crippen molar-refractivity contribution < 1.29 is 14.7 Å². The summed E-state index contributed by atoms with van der Waals surface area (Å²) in [6.07, 6.45) is 0. The molecule has 1 amide bonds. The number of amides is 1. The first-order valence-corrected chi connectivity index (χ1v) is 5.93. The Kier molecular flexibility index (Phi) is 3.14. The van der Waals surface area contributed by atoms with E-state index in [0.717, 1.165) is 5.56 Å². The first-order chi connectivity index (χ1) is 7.68. The van der Waals surface area contributed by atoms with Gasteiger partial charge < -0.3 is 10.4 Å². The number of nitrogens with one attached hydrogen (secondary N) is 1. The van der Waals surface area contributed by atoms with Crippen molar-refractivity contribution in [2.75, 3.05) is 5.75 Å². The smallest absolute Gasteiger partial charge is 0.327 e. The van der Waals surface area contributed by atoms with Crippen LogP contribution in [0.1, 0.15) is 10.8 Å². The van der Waals surface area contributed by atoms with E-state index < -0.39 is 12.0 Å². The van der Waals surface area contributed by atoms with Crippen LogP contribution in [0.3, 0.4) is 0 Å². The topological polar surface area (TPSA) is 66.4 Å². The predicted molar refractivity (Wildman–Crippen MR) is 61.2 cm³/mol. The number of rotatable bonds is 2. The van der Waals surface area contributed by atoms with Crippen molar-refractivity contribution in [3.8, 4) is 0 Å². The largest absolute Gasteiger partial charge is 0.480 e. The first kappa shape index (κ1) is 11.0. The van der Waals surface area contributed by atoms with Crippen molar-refractivity contribution in [3.63, 3.8) is 0 Å². The average molecular weight is 237 g/mol. The van der Waals surface area contributed by atoms with Crippen LogP contribution in [0.4, 0.5) is 0 Å². The number of benzene rings is 1. The van der Waals surface area contributed by atoms with Crippen molar-refractivity contribution in [2.24, 2.45) is 0 Å². The van der Waals surface area contributed by atoms with Gasteiger partial charge in [-0.05, 0) is 5.56 Å². The van der Waals surface area contributed by atoms with Crippen molar-refractivity contribution in [3.05, 3.63) is 35.9 Å². The molecule has 1 aliphatic heterocycles. The van der Waals surface area contributed by atoms with Crippen molar-refractivity contribution in [2.45, 2.75) is 11.3 Å². The van der Waals surface area contributed by atoms with Crippen molar-refractivity contribution in [1.82, 2.24) is 5.32 Å². The predicted octanol–water partition coefficient (Wildman–Crippen LogP) is 1.04. The third-order valence-electron chi connectivity index (χ3n) is 2.38. The van der Waals surface area contributed by atoms with Crippen LogP contribution in [-0.4, -0.2) is 28.8 Å². The summed E-state index contributed by atoms with van der Waals surface area (Å²) in [6.45, 7) is 0. The highest BCUT2D eigenvalue weighted by molar-refractivity contribution is 8.00. The Balaban J connectivity index is 2.11. The third-order valence-corrected chi connectivity index (χ3v) is 3.73. The maximum atomic E-state index is 11.7. The van der Waals surface area contributed by atoms with Gasteiger partial charge in [0.15, 0.2) is 0 Å². The summed E-state index contributed by atoms with van der Waals surface area (Å²) < 4.78 is 0. The molecule has 1 saturated heterocycles. The van der Waals surface area contributed by atoms with E-state index in [4.69, 9.17) is 5.11 Å². The molecule has 1 aromatic rings. The standard InChI is InChI=1S/C11H11NO3S/c13-10-9(7-4-2-1-3-5-7)16-6-8(12-10)11(14)15/h1-5,8-9H,6H2,(H,12,13)(H,14,15). The van der Waals surface area contributed by atoms with Crippen LogP contribution in [0.2, 0.25) is 0 Å². The molecule has 2 N–H and O–H groups in total. The number of carbonyl (C=O) groups excluding carboxylic acids is 1. The quantitative estimate of drug-likeness (QED) is 0.806. The fourth-order valence-electron chi connectivity index (χ4n) is 1.57. The first-order valence-electron chi connectivity index (χ1n) is 4.88. The summed E-state index contributed by atoms with van der Waals surface area (Å²) in [6, 6.07) is 8.60. The maximum absolute atomic E-state index is 11.7. The van der Waals surface area contributed by atoms with E-state index in [-0.39, 0.29) is 11.2 Å². The van der Waals surface area contributed by atoms with Crippen molar-refractivity contribution >= 4 is 23.6 Å². The van der Waals surface area contributed by atoms with Crippen LogP contribution in [0.5, 0.6) is 0 Å². The number of carboxylic acids is 1. The van der Waals surface area contributed by atoms with E-state index in [2.05, 4.69) is 5.32 Å². The van der Waals surface area contributed by atoms with E-state index in [1.165, 1.54) is 11.8 Å². The molecule has 0 spiro atoms. The highest BCUT2D eigenvalue weighted by Gasteiger charge is 2.32. The fraction of sp³-hybridized carbons (Fsp3) is 0.273. The lowest BCUT2D eigenvalue weighted by Gasteiger charge is -2.26. The van der Waals surface area contributed by atoms with Gasteiger partial charge >= 0.3 is 5.97 Å². The van der Waals surface area contributed by atoms with Crippen LogP contribution >= 0.6 is 11.8 Å². The minimum Gasteiger partial charge on any atom is -0.480 e. The molecule has 0 radical (unpaired) electrons. The molecule has 2 rings (SSSR count). The second-order valence-electron chi connectivity index (χ2n) is 3.52. The summed E-state index contributed by atoms with van der Waals surface area (Å²) in [5.41, 5.74) is 0.911. The van der Waals surface area contributed by atoms with Crippen LogP contribution in [-0.2, 0) is 9.59 Å². The van der Waals surface area contributed by atoms with Gasteiger partial charge in [0.05, 0.1) is 0 Å².